The summed E-state index contributed by atoms with van der Waals surface area (Å²) in [6.45, 7) is 1.57. The Morgan fingerprint density at radius 1 is 1.22 bits per heavy atom. The Labute approximate surface area is 107 Å². The van der Waals surface area contributed by atoms with Gasteiger partial charge in [-0.2, -0.15) is 0 Å². The van der Waals surface area contributed by atoms with Crippen molar-refractivity contribution in [2.45, 2.75) is 19.4 Å². The van der Waals surface area contributed by atoms with E-state index >= 15 is 0 Å². The minimum absolute atomic E-state index is 0.653. The van der Waals surface area contributed by atoms with Gasteiger partial charge >= 0.3 is 0 Å². The second-order valence-electron chi connectivity index (χ2n) is 4.14. The van der Waals surface area contributed by atoms with Gasteiger partial charge in [-0.05, 0) is 12.0 Å². The van der Waals surface area contributed by atoms with Crippen LogP contribution in [0.1, 0.15) is 11.3 Å². The molecule has 4 heteroatoms. The number of hydrogen-bond acceptors (Lipinski definition) is 2. The largest absolute Gasteiger partial charge is 0.358 e. The van der Waals surface area contributed by atoms with Gasteiger partial charge in [0.25, 0.3) is 0 Å². The van der Waals surface area contributed by atoms with Gasteiger partial charge in [0.2, 0.25) is 6.41 Å². The van der Waals surface area contributed by atoms with Crippen LogP contribution in [0.3, 0.4) is 0 Å². The molecular weight excluding hydrogens is 226 g/mol. The molecule has 0 radical (unpaired) electrons. The van der Waals surface area contributed by atoms with Gasteiger partial charge in [0.1, 0.15) is 0 Å². The maximum atomic E-state index is 10.2. The lowest BCUT2D eigenvalue weighted by Gasteiger charge is -2.08. The monoisotopic (exact) mass is 243 g/mol. The van der Waals surface area contributed by atoms with Crippen LogP contribution in [0.15, 0.2) is 42.9 Å². The fourth-order valence-electron chi connectivity index (χ4n) is 1.91. The van der Waals surface area contributed by atoms with Gasteiger partial charge in [0, 0.05) is 31.4 Å². The molecule has 0 saturated heterocycles. The molecule has 2 aromatic rings. The van der Waals surface area contributed by atoms with Gasteiger partial charge in [-0.25, -0.2) is 4.98 Å². The first-order valence-electron chi connectivity index (χ1n) is 6.10. The van der Waals surface area contributed by atoms with Crippen molar-refractivity contribution in [3.05, 3.63) is 54.1 Å². The van der Waals surface area contributed by atoms with E-state index in [0.29, 0.717) is 6.54 Å². The zero-order chi connectivity index (χ0) is 12.6. The fraction of sp³-hybridized carbons (Fsp3) is 0.286. The van der Waals surface area contributed by atoms with Crippen molar-refractivity contribution in [2.24, 2.45) is 0 Å². The minimum Gasteiger partial charge on any atom is -0.358 e. The Morgan fingerprint density at radius 3 is 2.83 bits per heavy atom. The van der Waals surface area contributed by atoms with E-state index in [4.69, 9.17) is 0 Å². The van der Waals surface area contributed by atoms with Crippen LogP contribution in [0.2, 0.25) is 0 Å². The van der Waals surface area contributed by atoms with Gasteiger partial charge in [0.15, 0.2) is 0 Å². The Hall–Kier alpha value is -2.10. The lowest BCUT2D eigenvalue weighted by molar-refractivity contribution is -0.109. The third-order valence-electron chi connectivity index (χ3n) is 2.89. The Bertz CT molecular complexity index is 479. The predicted molar refractivity (Wildman–Crippen MR) is 70.1 cm³/mol. The van der Waals surface area contributed by atoms with E-state index in [1.54, 1.807) is 0 Å². The number of nitrogens with one attached hydrogen (secondary N) is 1. The summed E-state index contributed by atoms with van der Waals surface area (Å²) in [5.74, 6) is 0. The van der Waals surface area contributed by atoms with Crippen LogP contribution in [0.25, 0.3) is 0 Å². The van der Waals surface area contributed by atoms with Crippen LogP contribution < -0.4 is 5.32 Å². The minimum atomic E-state index is 0.653. The van der Waals surface area contributed by atoms with E-state index in [2.05, 4.69) is 39.1 Å². The van der Waals surface area contributed by atoms with Gasteiger partial charge in [-0.3, -0.25) is 4.79 Å². The quantitative estimate of drug-likeness (QED) is 0.590. The number of aryl methyl sites for hydroxylation is 2. The van der Waals surface area contributed by atoms with Crippen molar-refractivity contribution in [1.82, 2.24) is 14.9 Å². The summed E-state index contributed by atoms with van der Waals surface area (Å²) in [6, 6.07) is 10.4. The van der Waals surface area contributed by atoms with E-state index in [1.165, 1.54) is 5.56 Å². The Kier molecular flexibility index (Phi) is 4.53. The van der Waals surface area contributed by atoms with Crippen LogP contribution in [0, 0.1) is 0 Å². The molecule has 0 bridgehead atoms. The highest BCUT2D eigenvalue weighted by atomic mass is 16.1. The van der Waals surface area contributed by atoms with Gasteiger partial charge in [0.05, 0.1) is 6.33 Å². The van der Waals surface area contributed by atoms with Crippen molar-refractivity contribution in [3.8, 4) is 0 Å². The van der Waals surface area contributed by atoms with E-state index in [-0.39, 0.29) is 0 Å². The maximum Gasteiger partial charge on any atom is 0.207 e. The molecule has 0 unspecified atom stereocenters. The van der Waals surface area contributed by atoms with Crippen molar-refractivity contribution in [1.29, 1.82) is 0 Å². The number of imidazole rings is 1. The van der Waals surface area contributed by atoms with E-state index in [0.717, 1.165) is 31.5 Å². The molecule has 0 aliphatic rings. The molecule has 0 aliphatic carbocycles. The number of carbonyl (C=O) groups excluding carboxylic acids is 1. The van der Waals surface area contributed by atoms with Crippen molar-refractivity contribution >= 4 is 6.41 Å². The predicted octanol–water partition coefficient (Wildman–Crippen LogP) is 1.41. The molecule has 0 aliphatic heterocycles. The zero-order valence-corrected chi connectivity index (χ0v) is 10.2. The molecule has 94 valence electrons. The van der Waals surface area contributed by atoms with Crippen molar-refractivity contribution in [2.75, 3.05) is 6.54 Å². The first kappa shape index (κ1) is 12.4. The topological polar surface area (TPSA) is 46.9 Å². The summed E-state index contributed by atoms with van der Waals surface area (Å²) in [5, 5.41) is 2.67. The summed E-state index contributed by atoms with van der Waals surface area (Å²) >= 11 is 0. The number of rotatable bonds is 7. The van der Waals surface area contributed by atoms with E-state index in [9.17, 15) is 4.79 Å². The zero-order valence-electron chi connectivity index (χ0n) is 10.2. The number of hydrogen-bond donors (Lipinski definition) is 1. The average Bonchev–Trinajstić information content (AvgIpc) is 2.86. The van der Waals surface area contributed by atoms with Crippen molar-refractivity contribution < 1.29 is 4.79 Å². The molecule has 1 N–H and O–H groups in total. The van der Waals surface area contributed by atoms with Crippen LogP contribution in [0.4, 0.5) is 0 Å². The normalized spacial score (nSPS) is 10.2. The molecule has 1 aromatic carbocycles. The summed E-state index contributed by atoms with van der Waals surface area (Å²) in [7, 11) is 0. The summed E-state index contributed by atoms with van der Waals surface area (Å²) in [4.78, 5) is 14.4. The molecule has 0 atom stereocenters. The second-order valence-corrected chi connectivity index (χ2v) is 4.14. The average molecular weight is 243 g/mol. The van der Waals surface area contributed by atoms with Crippen LogP contribution in [-0.2, 0) is 24.2 Å². The summed E-state index contributed by atoms with van der Waals surface area (Å²) < 4.78 is 2.14. The number of nitrogens with zero attached hydrogens (tertiary/aromatic N) is 2. The Balaban J connectivity index is 1.89. The second kappa shape index (κ2) is 6.59. The SMILES string of the molecule is O=CNCCc1cncn1CCc1ccccc1. The summed E-state index contributed by atoms with van der Waals surface area (Å²) in [5.41, 5.74) is 2.48. The van der Waals surface area contributed by atoms with E-state index < -0.39 is 0 Å². The molecule has 1 heterocycles. The van der Waals surface area contributed by atoms with Crippen molar-refractivity contribution in [3.63, 3.8) is 0 Å². The Morgan fingerprint density at radius 2 is 2.06 bits per heavy atom. The molecule has 1 aromatic heterocycles. The van der Waals surface area contributed by atoms with Gasteiger partial charge in [-0.1, -0.05) is 30.3 Å². The molecule has 18 heavy (non-hydrogen) atoms. The first-order valence-corrected chi connectivity index (χ1v) is 6.10. The number of aromatic nitrogens is 2. The standard InChI is InChI=1S/C14H17N3O/c18-12-15-8-6-14-10-16-11-17(14)9-7-13-4-2-1-3-5-13/h1-5,10-12H,6-9H2,(H,15,18). The van der Waals surface area contributed by atoms with Gasteiger partial charge in [-0.15, -0.1) is 0 Å². The highest BCUT2D eigenvalue weighted by molar-refractivity contribution is 5.45. The molecule has 0 spiro atoms. The summed E-state index contributed by atoms with van der Waals surface area (Å²) in [6.07, 6.45) is 6.24. The highest BCUT2D eigenvalue weighted by Crippen LogP contribution is 2.05. The van der Waals surface area contributed by atoms with Crippen LogP contribution in [0.5, 0.6) is 0 Å². The van der Waals surface area contributed by atoms with E-state index in [1.807, 2.05) is 18.6 Å². The van der Waals surface area contributed by atoms with Gasteiger partial charge < -0.3 is 9.88 Å². The highest BCUT2D eigenvalue weighted by Gasteiger charge is 2.01. The number of carbonyl (C=O) groups is 1. The van der Waals surface area contributed by atoms with Crippen LogP contribution in [-0.4, -0.2) is 22.5 Å². The number of benzene rings is 1. The molecule has 1 amide bonds. The van der Waals surface area contributed by atoms with Crippen LogP contribution >= 0.6 is 0 Å². The first-order chi connectivity index (χ1) is 8.90. The number of amides is 1. The lowest BCUT2D eigenvalue weighted by Crippen LogP contribution is -2.16. The fourth-order valence-corrected chi connectivity index (χ4v) is 1.91. The molecule has 4 nitrogen and oxygen atoms in total. The third kappa shape index (κ3) is 3.45. The molecule has 0 fully saturated rings. The third-order valence-corrected chi connectivity index (χ3v) is 2.89. The molecule has 2 rings (SSSR count). The molecular formula is C14H17N3O. The lowest BCUT2D eigenvalue weighted by atomic mass is 10.1. The maximum absolute atomic E-state index is 10.2. The smallest absolute Gasteiger partial charge is 0.207 e. The molecule has 0 saturated carbocycles.